The molecule has 0 N–H and O–H groups in total. The van der Waals surface area contributed by atoms with Crippen molar-refractivity contribution in [3.05, 3.63) is 64.5 Å². The van der Waals surface area contributed by atoms with Crippen LogP contribution in [-0.4, -0.2) is 25.0 Å². The van der Waals surface area contributed by atoms with Crippen molar-refractivity contribution in [2.75, 3.05) is 18.0 Å². The highest BCUT2D eigenvalue weighted by Crippen LogP contribution is 2.58. The average Bonchev–Trinajstić information content (AvgIpc) is 3.36. The molecule has 0 spiro atoms. The van der Waals surface area contributed by atoms with Crippen molar-refractivity contribution < 1.29 is 18.7 Å². The molecule has 0 radical (unpaired) electrons. The highest BCUT2D eigenvalue weighted by atomic mass is 16.6. The van der Waals surface area contributed by atoms with Crippen molar-refractivity contribution in [2.45, 2.75) is 59.3 Å². The standard InChI is InChI=1S/C31H35NO4/c1-4-32(5-2)25-9-6-21(7-10-25)27-17-22(18(3)35-27)8-11-26-29(31(34)36-30(26)33)28-23-13-19-12-20(15-23)16-24(28)14-19/h6-7,9-11,17,19-20,23-24H,4-5,8,12-16H2,1-3H3/b26-11+,29-28?. The number of furan rings is 1. The predicted molar refractivity (Wildman–Crippen MR) is 139 cm³/mol. The van der Waals surface area contributed by atoms with Gasteiger partial charge in [-0.05, 0) is 124 Å². The van der Waals surface area contributed by atoms with Crippen molar-refractivity contribution in [3.63, 3.8) is 0 Å². The van der Waals surface area contributed by atoms with Gasteiger partial charge in [-0.1, -0.05) is 6.08 Å². The van der Waals surface area contributed by atoms with E-state index < -0.39 is 11.9 Å². The number of rotatable bonds is 6. The van der Waals surface area contributed by atoms with E-state index in [1.165, 1.54) is 17.7 Å². The largest absolute Gasteiger partial charge is 0.461 e. The summed E-state index contributed by atoms with van der Waals surface area (Å²) < 4.78 is 11.3. The fourth-order valence-corrected chi connectivity index (χ4v) is 7.46. The molecule has 0 unspecified atom stereocenters. The first-order valence-corrected chi connectivity index (χ1v) is 13.6. The van der Waals surface area contributed by atoms with Crippen LogP contribution in [-0.2, 0) is 20.7 Å². The number of hydrogen-bond acceptors (Lipinski definition) is 5. The number of cyclic esters (lactones) is 2. The zero-order valence-electron chi connectivity index (χ0n) is 21.5. The van der Waals surface area contributed by atoms with Crippen LogP contribution in [0.2, 0.25) is 0 Å². The maximum atomic E-state index is 12.8. The lowest BCUT2D eigenvalue weighted by Crippen LogP contribution is -2.41. The molecule has 5 fully saturated rings. The van der Waals surface area contributed by atoms with Gasteiger partial charge in [0.1, 0.15) is 11.5 Å². The minimum absolute atomic E-state index is 0.438. The maximum Gasteiger partial charge on any atom is 0.346 e. The molecule has 5 nitrogen and oxygen atoms in total. The Kier molecular flexibility index (Phi) is 5.89. The minimum atomic E-state index is -0.496. The summed E-state index contributed by atoms with van der Waals surface area (Å²) in [6, 6.07) is 10.5. The summed E-state index contributed by atoms with van der Waals surface area (Å²) in [4.78, 5) is 27.9. The molecule has 5 aliphatic rings. The lowest BCUT2D eigenvalue weighted by molar-refractivity contribution is -0.149. The Balaban J connectivity index is 1.27. The molecule has 0 amide bonds. The Morgan fingerprint density at radius 1 is 0.917 bits per heavy atom. The van der Waals surface area contributed by atoms with E-state index in [9.17, 15) is 9.59 Å². The Bertz CT molecular complexity index is 1230. The zero-order valence-corrected chi connectivity index (χ0v) is 21.5. The van der Waals surface area contributed by atoms with Gasteiger partial charge in [-0.15, -0.1) is 0 Å². The van der Waals surface area contributed by atoms with Crippen molar-refractivity contribution in [1.29, 1.82) is 0 Å². The van der Waals surface area contributed by atoms with Crippen LogP contribution in [0.25, 0.3) is 11.3 Å². The van der Waals surface area contributed by atoms with Gasteiger partial charge in [-0.25, -0.2) is 9.59 Å². The fraction of sp³-hybridized carbons (Fsp3) is 0.484. The van der Waals surface area contributed by atoms with Gasteiger partial charge < -0.3 is 14.1 Å². The molecule has 36 heavy (non-hydrogen) atoms. The van der Waals surface area contributed by atoms with Crippen molar-refractivity contribution in [3.8, 4) is 11.3 Å². The van der Waals surface area contributed by atoms with Crippen molar-refractivity contribution in [1.82, 2.24) is 0 Å². The van der Waals surface area contributed by atoms with Gasteiger partial charge in [0, 0.05) is 24.3 Å². The second-order valence-electron chi connectivity index (χ2n) is 11.0. The molecule has 1 aromatic carbocycles. The number of ether oxygens (including phenoxy) is 1. The number of carbonyl (C=O) groups excluding carboxylic acids is 2. The summed E-state index contributed by atoms with van der Waals surface area (Å²) in [5, 5.41) is 0. The third-order valence-corrected chi connectivity index (χ3v) is 9.01. The number of hydrogen-bond donors (Lipinski definition) is 0. The van der Waals surface area contributed by atoms with Crippen LogP contribution in [0.3, 0.4) is 0 Å². The maximum absolute atomic E-state index is 12.8. The van der Waals surface area contributed by atoms with Crippen LogP contribution in [0.15, 0.2) is 57.5 Å². The third-order valence-electron chi connectivity index (χ3n) is 9.01. The molecule has 1 aliphatic heterocycles. The quantitative estimate of drug-likeness (QED) is 0.269. The van der Waals surface area contributed by atoms with Crippen LogP contribution in [0.1, 0.15) is 57.3 Å². The highest BCUT2D eigenvalue weighted by molar-refractivity contribution is 6.18. The first kappa shape index (κ1) is 23.3. The second-order valence-corrected chi connectivity index (χ2v) is 11.0. The average molecular weight is 486 g/mol. The summed E-state index contributed by atoms with van der Waals surface area (Å²) in [7, 11) is 0. The zero-order chi connectivity index (χ0) is 25.0. The van der Waals surface area contributed by atoms with E-state index in [4.69, 9.17) is 9.15 Å². The summed E-state index contributed by atoms with van der Waals surface area (Å²) in [6.45, 7) is 8.22. The molecular weight excluding hydrogens is 450 g/mol. The molecule has 2 aromatic rings. The van der Waals surface area contributed by atoms with Crippen LogP contribution < -0.4 is 4.90 Å². The van der Waals surface area contributed by atoms with Crippen LogP contribution in [0.5, 0.6) is 0 Å². The number of benzene rings is 1. The van der Waals surface area contributed by atoms with Gasteiger partial charge in [-0.2, -0.15) is 0 Å². The second kappa shape index (κ2) is 9.10. The van der Waals surface area contributed by atoms with Gasteiger partial charge >= 0.3 is 11.9 Å². The molecule has 1 saturated heterocycles. The molecule has 188 valence electrons. The molecule has 0 atom stereocenters. The number of anilines is 1. The molecular formula is C31H35NO4. The van der Waals surface area contributed by atoms with Crippen LogP contribution in [0.4, 0.5) is 5.69 Å². The van der Waals surface area contributed by atoms with Crippen LogP contribution >= 0.6 is 0 Å². The lowest BCUT2D eigenvalue weighted by Gasteiger charge is -2.51. The van der Waals surface area contributed by atoms with E-state index in [-0.39, 0.29) is 0 Å². The van der Waals surface area contributed by atoms with E-state index >= 15 is 0 Å². The molecule has 1 aromatic heterocycles. The molecule has 5 heteroatoms. The Morgan fingerprint density at radius 3 is 2.17 bits per heavy atom. The topological polar surface area (TPSA) is 59.8 Å². The number of aryl methyl sites for hydroxylation is 1. The Hall–Kier alpha value is -3.08. The third kappa shape index (κ3) is 3.93. The van der Waals surface area contributed by atoms with E-state index in [1.54, 1.807) is 0 Å². The highest BCUT2D eigenvalue weighted by Gasteiger charge is 2.49. The molecule has 4 aliphatic carbocycles. The Labute approximate surface area is 213 Å². The van der Waals surface area contributed by atoms with Gasteiger partial charge in [0.25, 0.3) is 0 Å². The normalized spacial score (nSPS) is 27.9. The minimum Gasteiger partial charge on any atom is -0.461 e. The summed E-state index contributed by atoms with van der Waals surface area (Å²) in [6.07, 6.45) is 8.43. The monoisotopic (exact) mass is 485 g/mol. The van der Waals surface area contributed by atoms with E-state index in [2.05, 4.69) is 49.1 Å². The van der Waals surface area contributed by atoms with Gasteiger partial charge in [0.2, 0.25) is 0 Å². The van der Waals surface area contributed by atoms with Crippen molar-refractivity contribution >= 4 is 17.6 Å². The SMILES string of the molecule is CCN(CC)c1ccc(-c2cc(C/C=C3/C(=O)OC(=O)C3=C3C4CC5CC(C4)CC3C5)c(C)o2)cc1. The smallest absolute Gasteiger partial charge is 0.346 e. The molecule has 7 rings (SSSR count). The van der Waals surface area contributed by atoms with Crippen LogP contribution in [0, 0.1) is 30.6 Å². The molecule has 4 saturated carbocycles. The van der Waals surface area contributed by atoms with Gasteiger partial charge in [0.05, 0.1) is 11.1 Å². The summed E-state index contributed by atoms with van der Waals surface area (Å²) in [5.41, 5.74) is 5.52. The molecule has 2 heterocycles. The number of nitrogens with zero attached hydrogens (tertiary/aromatic N) is 1. The number of allylic oxidation sites excluding steroid dienone is 2. The lowest BCUT2D eigenvalue weighted by atomic mass is 9.53. The van der Waals surface area contributed by atoms with Gasteiger partial charge in [-0.3, -0.25) is 0 Å². The predicted octanol–water partition coefficient (Wildman–Crippen LogP) is 6.41. The van der Waals surface area contributed by atoms with E-state index in [0.717, 1.165) is 73.3 Å². The van der Waals surface area contributed by atoms with Gasteiger partial charge in [0.15, 0.2) is 0 Å². The van der Waals surface area contributed by atoms with Crippen molar-refractivity contribution in [2.24, 2.45) is 23.7 Å². The Morgan fingerprint density at radius 2 is 1.56 bits per heavy atom. The summed E-state index contributed by atoms with van der Waals surface area (Å²) in [5.74, 6) is 3.19. The summed E-state index contributed by atoms with van der Waals surface area (Å²) >= 11 is 0. The molecule has 4 bridgehead atoms. The number of esters is 2. The first-order valence-electron chi connectivity index (χ1n) is 13.6. The fourth-order valence-electron chi connectivity index (χ4n) is 7.46. The van der Waals surface area contributed by atoms with E-state index in [1.807, 2.05) is 13.0 Å². The first-order chi connectivity index (χ1) is 17.4. The number of carbonyl (C=O) groups is 2. The van der Waals surface area contributed by atoms with E-state index in [0.29, 0.717) is 29.4 Å².